The Kier molecular flexibility index (Phi) is 8.02. The Balaban J connectivity index is 2.82. The molecule has 6 nitrogen and oxygen atoms in total. The van der Waals surface area contributed by atoms with E-state index in [1.54, 1.807) is 13.8 Å². The Bertz CT molecular complexity index is 438. The normalized spacial score (nSPS) is 31.2. The minimum absolute atomic E-state index is 0.137. The van der Waals surface area contributed by atoms with E-state index < -0.39 is 35.9 Å². The third kappa shape index (κ3) is 5.73. The van der Waals surface area contributed by atoms with Crippen molar-refractivity contribution in [1.29, 1.82) is 0 Å². The van der Waals surface area contributed by atoms with Crippen LogP contribution < -0.4 is 5.32 Å². The second-order valence-electron chi connectivity index (χ2n) is 8.54. The van der Waals surface area contributed by atoms with E-state index in [0.29, 0.717) is 13.0 Å². The van der Waals surface area contributed by atoms with Gasteiger partial charge in [-0.15, -0.1) is 0 Å². The zero-order chi connectivity index (χ0) is 19.4. The maximum Gasteiger partial charge on any atom is 0.169 e. The average molecular weight is 360 g/mol. The maximum absolute atomic E-state index is 12.7. The summed E-state index contributed by atoms with van der Waals surface area (Å²) >= 11 is 0. The van der Waals surface area contributed by atoms with Gasteiger partial charge in [0.2, 0.25) is 0 Å². The number of unbranched alkanes of at least 4 members (excludes halogenated alkanes) is 1. The summed E-state index contributed by atoms with van der Waals surface area (Å²) in [6.45, 7) is 12.1. The number of rotatable bonds is 9. The topological polar surface area (TPSA) is 99.0 Å². The van der Waals surface area contributed by atoms with E-state index in [-0.39, 0.29) is 11.3 Å². The molecule has 1 fully saturated rings. The van der Waals surface area contributed by atoms with Gasteiger partial charge in [-0.1, -0.05) is 40.5 Å². The predicted octanol–water partition coefficient (Wildman–Crippen LogP) is 1.40. The number of nitrogens with one attached hydrogen (secondary N) is 1. The van der Waals surface area contributed by atoms with Gasteiger partial charge in [0.15, 0.2) is 5.78 Å². The molecule has 5 atom stereocenters. The third-order valence-electron chi connectivity index (χ3n) is 5.46. The Hall–Kier alpha value is -0.530. The van der Waals surface area contributed by atoms with Gasteiger partial charge in [0, 0.05) is 17.5 Å². The Morgan fingerprint density at radius 2 is 1.64 bits per heavy atom. The number of Topliss-reactive ketones (excluding diaryl/α,β-unsaturated/α-hetero) is 1. The quantitative estimate of drug-likeness (QED) is 0.497. The van der Waals surface area contributed by atoms with Crippen molar-refractivity contribution in [3.05, 3.63) is 0 Å². The summed E-state index contributed by atoms with van der Waals surface area (Å²) in [7, 11) is 0. The highest BCUT2D eigenvalue weighted by Gasteiger charge is 2.49. The van der Waals surface area contributed by atoms with Crippen LogP contribution in [0, 0.1) is 5.41 Å². The SMILES string of the molecule is CCCCC(C)(C)NCC1OC(C(=O)C(C)(C)CC)C(O)C(O)C1O. The van der Waals surface area contributed by atoms with E-state index in [1.165, 1.54) is 0 Å². The minimum Gasteiger partial charge on any atom is -0.388 e. The summed E-state index contributed by atoms with van der Waals surface area (Å²) in [4.78, 5) is 12.7. The van der Waals surface area contributed by atoms with Crippen molar-refractivity contribution in [2.45, 2.75) is 103 Å². The zero-order valence-corrected chi connectivity index (χ0v) is 16.6. The van der Waals surface area contributed by atoms with Gasteiger partial charge in [0.1, 0.15) is 24.4 Å². The first-order chi connectivity index (χ1) is 11.5. The lowest BCUT2D eigenvalue weighted by Crippen LogP contribution is -2.63. The highest BCUT2D eigenvalue weighted by atomic mass is 16.5. The monoisotopic (exact) mass is 359 g/mol. The summed E-state index contributed by atoms with van der Waals surface area (Å²) in [6.07, 6.45) is -2.17. The second-order valence-corrected chi connectivity index (χ2v) is 8.54. The molecule has 25 heavy (non-hydrogen) atoms. The smallest absolute Gasteiger partial charge is 0.169 e. The van der Waals surface area contributed by atoms with Crippen molar-refractivity contribution in [2.75, 3.05) is 6.54 Å². The average Bonchev–Trinajstić information content (AvgIpc) is 2.56. The number of ether oxygens (including phenoxy) is 1. The zero-order valence-electron chi connectivity index (χ0n) is 16.6. The lowest BCUT2D eigenvalue weighted by molar-refractivity contribution is -0.222. The molecule has 1 saturated heterocycles. The largest absolute Gasteiger partial charge is 0.388 e. The molecule has 1 rings (SSSR count). The van der Waals surface area contributed by atoms with Gasteiger partial charge in [-0.05, 0) is 26.7 Å². The molecule has 1 aliphatic rings. The van der Waals surface area contributed by atoms with Crippen LogP contribution in [0.5, 0.6) is 0 Å². The first-order valence-electron chi connectivity index (χ1n) is 9.46. The lowest BCUT2D eigenvalue weighted by Gasteiger charge is -2.43. The van der Waals surface area contributed by atoms with Gasteiger partial charge in [0.25, 0.3) is 0 Å². The molecule has 6 heteroatoms. The van der Waals surface area contributed by atoms with Crippen molar-refractivity contribution >= 4 is 5.78 Å². The van der Waals surface area contributed by atoms with E-state index in [2.05, 4.69) is 26.1 Å². The predicted molar refractivity (Wildman–Crippen MR) is 97.4 cm³/mol. The molecule has 0 aromatic carbocycles. The summed E-state index contributed by atoms with van der Waals surface area (Å²) in [5.41, 5.74) is -0.797. The molecule has 0 amide bonds. The molecule has 148 valence electrons. The van der Waals surface area contributed by atoms with E-state index in [4.69, 9.17) is 4.74 Å². The lowest BCUT2D eigenvalue weighted by atomic mass is 9.79. The van der Waals surface area contributed by atoms with E-state index >= 15 is 0 Å². The van der Waals surface area contributed by atoms with Crippen LogP contribution in [0.15, 0.2) is 0 Å². The Morgan fingerprint density at radius 3 is 2.16 bits per heavy atom. The van der Waals surface area contributed by atoms with Crippen molar-refractivity contribution in [3.63, 3.8) is 0 Å². The van der Waals surface area contributed by atoms with Gasteiger partial charge < -0.3 is 25.4 Å². The van der Waals surface area contributed by atoms with Gasteiger partial charge >= 0.3 is 0 Å². The maximum atomic E-state index is 12.7. The van der Waals surface area contributed by atoms with Crippen molar-refractivity contribution in [2.24, 2.45) is 5.41 Å². The van der Waals surface area contributed by atoms with Crippen LogP contribution in [-0.2, 0) is 9.53 Å². The van der Waals surface area contributed by atoms with Gasteiger partial charge in [0.05, 0.1) is 6.10 Å². The Morgan fingerprint density at radius 1 is 1.04 bits per heavy atom. The molecule has 0 aliphatic carbocycles. The number of aliphatic hydroxyl groups is 3. The van der Waals surface area contributed by atoms with Crippen LogP contribution in [-0.4, -0.2) is 63.7 Å². The molecule has 0 aromatic rings. The van der Waals surface area contributed by atoms with Gasteiger partial charge in [-0.25, -0.2) is 0 Å². The molecular weight excluding hydrogens is 322 g/mol. The minimum atomic E-state index is -1.42. The molecule has 5 unspecified atom stereocenters. The molecule has 1 heterocycles. The highest BCUT2D eigenvalue weighted by molar-refractivity contribution is 5.89. The van der Waals surface area contributed by atoms with Crippen LogP contribution in [0.3, 0.4) is 0 Å². The van der Waals surface area contributed by atoms with Crippen LogP contribution in [0.4, 0.5) is 0 Å². The van der Waals surface area contributed by atoms with E-state index in [1.807, 2.05) is 6.92 Å². The van der Waals surface area contributed by atoms with Crippen molar-refractivity contribution < 1.29 is 24.9 Å². The summed E-state index contributed by atoms with van der Waals surface area (Å²) in [6, 6.07) is 0. The summed E-state index contributed by atoms with van der Waals surface area (Å²) in [5.74, 6) is -0.247. The Labute approximate surface area is 152 Å². The standard InChI is InChI=1S/C19H37NO5/c1-7-9-10-19(5,6)20-11-12-13(21)14(22)15(23)16(25-12)17(24)18(3,4)8-2/h12-16,20-23H,7-11H2,1-6H3. The fourth-order valence-corrected chi connectivity index (χ4v) is 2.98. The molecule has 1 aliphatic heterocycles. The van der Waals surface area contributed by atoms with E-state index in [0.717, 1.165) is 19.3 Å². The van der Waals surface area contributed by atoms with Crippen molar-refractivity contribution in [1.82, 2.24) is 5.32 Å². The number of carbonyl (C=O) groups is 1. The summed E-state index contributed by atoms with van der Waals surface area (Å²) < 4.78 is 5.76. The second kappa shape index (κ2) is 8.91. The van der Waals surface area contributed by atoms with E-state index in [9.17, 15) is 20.1 Å². The molecule has 4 N–H and O–H groups in total. The molecule has 0 radical (unpaired) electrons. The third-order valence-corrected chi connectivity index (χ3v) is 5.46. The molecular formula is C19H37NO5. The van der Waals surface area contributed by atoms with Crippen molar-refractivity contribution in [3.8, 4) is 0 Å². The number of hydrogen-bond donors (Lipinski definition) is 4. The summed E-state index contributed by atoms with van der Waals surface area (Å²) in [5, 5.41) is 34.0. The van der Waals surface area contributed by atoms with Crippen LogP contribution >= 0.6 is 0 Å². The molecule has 0 bridgehead atoms. The van der Waals surface area contributed by atoms with Crippen LogP contribution in [0.1, 0.15) is 67.2 Å². The fourth-order valence-electron chi connectivity index (χ4n) is 2.98. The number of aliphatic hydroxyl groups excluding tert-OH is 3. The first kappa shape index (κ1) is 22.5. The molecule has 0 aromatic heterocycles. The van der Waals surface area contributed by atoms with Crippen LogP contribution in [0.25, 0.3) is 0 Å². The molecule has 0 spiro atoms. The number of carbonyl (C=O) groups excluding carboxylic acids is 1. The molecule has 0 saturated carbocycles. The highest BCUT2D eigenvalue weighted by Crippen LogP contribution is 2.30. The number of hydrogen-bond acceptors (Lipinski definition) is 6. The van der Waals surface area contributed by atoms with Gasteiger partial charge in [-0.2, -0.15) is 0 Å². The number of ketones is 1. The fraction of sp³-hybridized carbons (Fsp3) is 0.947. The first-order valence-corrected chi connectivity index (χ1v) is 9.46. The van der Waals surface area contributed by atoms with Gasteiger partial charge in [-0.3, -0.25) is 4.79 Å². The van der Waals surface area contributed by atoms with Crippen LogP contribution in [0.2, 0.25) is 0 Å².